The van der Waals surface area contributed by atoms with Crippen LogP contribution in [0.15, 0.2) is 72.8 Å². The van der Waals surface area contributed by atoms with E-state index in [0.717, 1.165) is 0 Å². The number of hydrogen-bond acceptors (Lipinski definition) is 16. The molecule has 0 aromatic heterocycles. The Kier molecular flexibility index (Phi) is 13.9. The molecule has 0 aliphatic heterocycles. The van der Waals surface area contributed by atoms with E-state index in [-0.39, 0.29) is 34.5 Å². The van der Waals surface area contributed by atoms with Gasteiger partial charge in [-0.25, -0.2) is 19.2 Å². The summed E-state index contributed by atoms with van der Waals surface area (Å²) in [6.07, 6.45) is -2.51. The third-order valence-electron chi connectivity index (χ3n) is 6.16. The smallest absolute Gasteiger partial charge is 0.349 e. The maximum absolute atomic E-state index is 13.0. The first-order valence-corrected chi connectivity index (χ1v) is 14.2. The van der Waals surface area contributed by atoms with Gasteiger partial charge in [-0.1, -0.05) is 36.4 Å². The summed E-state index contributed by atoms with van der Waals surface area (Å²) >= 11 is 0. The van der Waals surface area contributed by atoms with Crippen LogP contribution in [-0.4, -0.2) is 87.7 Å². The highest BCUT2D eigenvalue weighted by Crippen LogP contribution is 2.28. The number of aliphatic hydroxyl groups is 1. The second-order valence-corrected chi connectivity index (χ2v) is 9.66. The van der Waals surface area contributed by atoms with Gasteiger partial charge in [0.05, 0.1) is 34.2 Å². The molecule has 16 heteroatoms. The molecule has 49 heavy (non-hydrogen) atoms. The Morgan fingerprint density at radius 2 is 0.755 bits per heavy atom. The summed E-state index contributed by atoms with van der Waals surface area (Å²) in [5.41, 5.74) is -3.00. The molecule has 16 nitrogen and oxygen atoms in total. The molecule has 0 amide bonds. The van der Waals surface area contributed by atoms with Crippen molar-refractivity contribution in [2.24, 2.45) is 0 Å². The summed E-state index contributed by atoms with van der Waals surface area (Å²) < 4.78 is 45.0. The van der Waals surface area contributed by atoms with E-state index >= 15 is 0 Å². The average molecular weight is 685 g/mol. The van der Waals surface area contributed by atoms with Crippen molar-refractivity contribution in [1.29, 1.82) is 0 Å². The lowest BCUT2D eigenvalue weighted by atomic mass is 9.95. The van der Waals surface area contributed by atoms with Gasteiger partial charge in [-0.05, 0) is 36.4 Å². The Morgan fingerprint density at radius 1 is 0.469 bits per heavy atom. The van der Waals surface area contributed by atoms with E-state index in [4.69, 9.17) is 42.6 Å². The van der Waals surface area contributed by atoms with Gasteiger partial charge in [-0.2, -0.15) is 0 Å². The van der Waals surface area contributed by atoms with Crippen LogP contribution in [0.2, 0.25) is 0 Å². The highest BCUT2D eigenvalue weighted by molar-refractivity contribution is 5.92. The minimum absolute atomic E-state index is 0.00603. The molecule has 0 saturated carbocycles. The van der Waals surface area contributed by atoms with Crippen LogP contribution in [0.3, 0.4) is 0 Å². The fraction of sp³-hybridized carbons (Fsp3) is 0.273. The molecule has 0 spiro atoms. The maximum Gasteiger partial charge on any atom is 0.349 e. The van der Waals surface area contributed by atoms with Crippen LogP contribution in [0, 0.1) is 0 Å². The number of ether oxygens (including phenoxy) is 9. The number of benzene rings is 3. The molecule has 3 aromatic rings. The molecular formula is C33H32O16. The first-order chi connectivity index (χ1) is 23.5. The predicted octanol–water partition coefficient (Wildman–Crippen LogP) is 1.97. The van der Waals surface area contributed by atoms with Crippen molar-refractivity contribution in [3.8, 4) is 34.5 Å². The molecule has 0 radical (unpaired) electrons. The van der Waals surface area contributed by atoms with Gasteiger partial charge in [-0.15, -0.1) is 0 Å². The van der Waals surface area contributed by atoms with Crippen molar-refractivity contribution in [3.63, 3.8) is 0 Å². The molecule has 3 aromatic carbocycles. The van der Waals surface area contributed by atoms with E-state index in [1.54, 1.807) is 36.4 Å². The van der Waals surface area contributed by atoms with Crippen molar-refractivity contribution in [3.05, 3.63) is 72.8 Å². The van der Waals surface area contributed by atoms with Crippen LogP contribution in [0.25, 0.3) is 0 Å². The Morgan fingerprint density at radius 3 is 1.06 bits per heavy atom. The lowest BCUT2D eigenvalue weighted by Gasteiger charge is -2.24. The minimum atomic E-state index is -3.00. The molecule has 0 unspecified atom stereocenters. The number of carbonyl (C=O) groups is 6. The summed E-state index contributed by atoms with van der Waals surface area (Å²) in [6, 6.07) is 18.3. The molecule has 1 N–H and O–H groups in total. The van der Waals surface area contributed by atoms with Gasteiger partial charge in [0.25, 0.3) is 0 Å². The van der Waals surface area contributed by atoms with Crippen LogP contribution in [0.4, 0.5) is 0 Å². The lowest BCUT2D eigenvalue weighted by molar-refractivity contribution is -0.180. The highest BCUT2D eigenvalue weighted by Gasteiger charge is 2.44. The van der Waals surface area contributed by atoms with Crippen molar-refractivity contribution in [1.82, 2.24) is 0 Å². The summed E-state index contributed by atoms with van der Waals surface area (Å²) in [5, 5.41) is 11.1. The highest BCUT2D eigenvalue weighted by atomic mass is 16.6. The van der Waals surface area contributed by atoms with Gasteiger partial charge >= 0.3 is 35.8 Å². The molecule has 0 aliphatic rings. The Labute approximate surface area is 279 Å². The molecule has 260 valence electrons. The topological polar surface area (TPSA) is 206 Å². The molecule has 3 rings (SSSR count). The summed E-state index contributed by atoms with van der Waals surface area (Å²) in [5.74, 6) is -6.86. The predicted molar refractivity (Wildman–Crippen MR) is 163 cm³/mol. The first-order valence-electron chi connectivity index (χ1n) is 14.2. The molecule has 0 aliphatic carbocycles. The van der Waals surface area contributed by atoms with Crippen LogP contribution in [0.5, 0.6) is 34.5 Å². The van der Waals surface area contributed by atoms with Gasteiger partial charge in [0, 0.05) is 0 Å². The van der Waals surface area contributed by atoms with E-state index in [2.05, 4.69) is 0 Å². The lowest BCUT2D eigenvalue weighted by Crippen LogP contribution is -2.45. The second-order valence-electron chi connectivity index (χ2n) is 9.66. The SMILES string of the molecule is COc1ccccc1OC(=O)COC(=O)CC(O)(CC(=O)OCC(=O)Oc1ccccc1OC)C(=O)OCC(=O)Oc1ccccc1OC. The Hall–Kier alpha value is -6.16. The molecule has 0 saturated heterocycles. The third kappa shape index (κ3) is 11.5. The zero-order chi connectivity index (χ0) is 35.8. The molecule has 0 fully saturated rings. The zero-order valence-corrected chi connectivity index (χ0v) is 26.5. The minimum Gasteiger partial charge on any atom is -0.493 e. The van der Waals surface area contributed by atoms with E-state index in [1.165, 1.54) is 57.7 Å². The van der Waals surface area contributed by atoms with Crippen molar-refractivity contribution >= 4 is 35.8 Å². The fourth-order valence-corrected chi connectivity index (χ4v) is 3.89. The molecule has 0 atom stereocenters. The van der Waals surface area contributed by atoms with E-state index < -0.39 is 74.1 Å². The molecule has 0 bridgehead atoms. The number of para-hydroxylation sites is 6. The largest absolute Gasteiger partial charge is 0.493 e. The number of hydrogen-bond donors (Lipinski definition) is 1. The monoisotopic (exact) mass is 684 g/mol. The quantitative estimate of drug-likeness (QED) is 0.123. The number of rotatable bonds is 17. The van der Waals surface area contributed by atoms with Crippen molar-refractivity contribution < 1.29 is 76.5 Å². The molecular weight excluding hydrogens is 652 g/mol. The second kappa shape index (κ2) is 18.2. The zero-order valence-electron chi connectivity index (χ0n) is 26.5. The van der Waals surface area contributed by atoms with Crippen LogP contribution in [0.1, 0.15) is 12.8 Å². The first kappa shape index (κ1) is 37.3. The van der Waals surface area contributed by atoms with E-state index in [0.29, 0.717) is 0 Å². The van der Waals surface area contributed by atoms with Gasteiger partial charge in [0.15, 0.2) is 59.9 Å². The van der Waals surface area contributed by atoms with Crippen LogP contribution >= 0.6 is 0 Å². The maximum atomic E-state index is 13.0. The van der Waals surface area contributed by atoms with Gasteiger partial charge in [0.1, 0.15) is 0 Å². The van der Waals surface area contributed by atoms with Gasteiger partial charge in [0.2, 0.25) is 0 Å². The fourth-order valence-electron chi connectivity index (χ4n) is 3.89. The summed E-state index contributed by atoms with van der Waals surface area (Å²) in [4.78, 5) is 75.1. The number of esters is 6. The number of carbonyl (C=O) groups excluding carboxylic acids is 6. The average Bonchev–Trinajstić information content (AvgIpc) is 3.09. The van der Waals surface area contributed by atoms with Gasteiger partial charge < -0.3 is 47.7 Å². The Balaban J connectivity index is 1.64. The van der Waals surface area contributed by atoms with E-state index in [9.17, 15) is 33.9 Å². The Bertz CT molecular complexity index is 1570. The normalized spacial score (nSPS) is 10.5. The van der Waals surface area contributed by atoms with Crippen LogP contribution < -0.4 is 28.4 Å². The standard InChI is InChI=1S/C33H32O16/c1-41-21-10-4-7-13-24(21)47-29(36)18-44-27(34)16-33(40,32(39)46-20-31(38)49-26-15-9-6-12-23(26)43-3)17-28(35)45-19-30(37)48-25-14-8-5-11-22(25)42-2/h4-15,40H,16-20H2,1-3H3. The summed E-state index contributed by atoms with van der Waals surface area (Å²) in [6.45, 7) is -3.00. The van der Waals surface area contributed by atoms with Gasteiger partial charge in [-0.3, -0.25) is 9.59 Å². The third-order valence-corrected chi connectivity index (χ3v) is 6.16. The van der Waals surface area contributed by atoms with E-state index in [1.807, 2.05) is 0 Å². The van der Waals surface area contributed by atoms with Crippen molar-refractivity contribution in [2.75, 3.05) is 41.2 Å². The van der Waals surface area contributed by atoms with Crippen molar-refractivity contribution in [2.45, 2.75) is 18.4 Å². The summed E-state index contributed by atoms with van der Waals surface area (Å²) in [7, 11) is 4.03. The molecule has 0 heterocycles. The number of methoxy groups -OCH3 is 3. The van der Waals surface area contributed by atoms with Crippen LogP contribution in [-0.2, 0) is 43.0 Å².